The predicted molar refractivity (Wildman–Crippen MR) is 113 cm³/mol. The zero-order valence-corrected chi connectivity index (χ0v) is 17.6. The van der Waals surface area contributed by atoms with Crippen LogP contribution in [-0.4, -0.2) is 68.7 Å². The van der Waals surface area contributed by atoms with Gasteiger partial charge in [-0.25, -0.2) is 4.79 Å². The van der Waals surface area contributed by atoms with Crippen LogP contribution in [0.15, 0.2) is 47.2 Å². The molecule has 1 N–H and O–H groups in total. The zero-order valence-electron chi connectivity index (χ0n) is 17.6. The van der Waals surface area contributed by atoms with Crippen molar-refractivity contribution in [1.29, 1.82) is 0 Å². The SMILES string of the molecule is CC(=O)N1C[C@H]2CC(/C=C3\CCN(c4cccc([N+](=O)[O-])c4)C3=O)=C(C(=O)O)N3C(=O)[C@@H]1[C@@H]23. The molecule has 170 valence electrons. The Labute approximate surface area is 187 Å². The fraction of sp³-hybridized carbons (Fsp3) is 0.364. The Kier molecular flexibility index (Phi) is 4.59. The van der Waals surface area contributed by atoms with Crippen molar-refractivity contribution < 1.29 is 29.2 Å². The summed E-state index contributed by atoms with van der Waals surface area (Å²) >= 11 is 0. The van der Waals surface area contributed by atoms with E-state index in [1.54, 1.807) is 6.07 Å². The van der Waals surface area contributed by atoms with Crippen molar-refractivity contribution >= 4 is 35.1 Å². The molecule has 0 aliphatic carbocycles. The number of β-lactam (4-membered cyclic amide) rings is 1. The van der Waals surface area contributed by atoms with Crippen LogP contribution in [0.2, 0.25) is 0 Å². The van der Waals surface area contributed by atoms with E-state index < -0.39 is 22.8 Å². The molecule has 3 saturated heterocycles. The number of benzene rings is 1. The third-order valence-corrected chi connectivity index (χ3v) is 6.82. The molecule has 1 aromatic rings. The number of nitro groups is 1. The lowest BCUT2D eigenvalue weighted by Gasteiger charge is -2.49. The number of carbonyl (C=O) groups is 4. The number of hydrogen-bond donors (Lipinski definition) is 1. The van der Waals surface area contributed by atoms with Gasteiger partial charge in [-0.3, -0.25) is 29.4 Å². The minimum Gasteiger partial charge on any atom is -0.477 e. The monoisotopic (exact) mass is 452 g/mol. The molecule has 0 unspecified atom stereocenters. The first-order valence-corrected chi connectivity index (χ1v) is 10.5. The number of nitrogens with zero attached hydrogens (tertiary/aromatic N) is 4. The number of nitro benzene ring substituents is 1. The lowest BCUT2D eigenvalue weighted by molar-refractivity contribution is -0.384. The van der Waals surface area contributed by atoms with E-state index in [9.17, 15) is 34.4 Å². The van der Waals surface area contributed by atoms with E-state index in [-0.39, 0.29) is 35.2 Å². The molecule has 0 aromatic heterocycles. The molecule has 33 heavy (non-hydrogen) atoms. The summed E-state index contributed by atoms with van der Waals surface area (Å²) in [6.07, 6.45) is 2.21. The summed E-state index contributed by atoms with van der Waals surface area (Å²) in [4.78, 5) is 64.5. The zero-order chi connectivity index (χ0) is 23.6. The minimum absolute atomic E-state index is 0.101. The quantitative estimate of drug-likeness (QED) is 0.312. The molecule has 1 aromatic carbocycles. The standard InChI is InChI=1S/C22H20N4O7/c1-11(27)24-10-14-8-13(18(22(30)31)25-17(14)19(24)21(25)29)7-12-5-6-23(20(12)28)15-3-2-4-16(9-15)26(32)33/h2-4,7,9,14,17,19H,5-6,8,10H2,1H3,(H,30,31)/b12-7+/t14-,17-,19+/m1/s1. The molecule has 11 heteroatoms. The van der Waals surface area contributed by atoms with Crippen LogP contribution in [0.25, 0.3) is 0 Å². The number of allylic oxidation sites excluding steroid dienone is 2. The first-order valence-electron chi connectivity index (χ1n) is 10.5. The van der Waals surface area contributed by atoms with Crippen LogP contribution >= 0.6 is 0 Å². The Bertz CT molecular complexity index is 1200. The summed E-state index contributed by atoms with van der Waals surface area (Å²) in [7, 11) is 0. The van der Waals surface area contributed by atoms with Gasteiger partial charge in [0.15, 0.2) is 0 Å². The molecule has 0 bridgehead atoms. The number of likely N-dealkylation sites (tertiary alicyclic amines) is 1. The highest BCUT2D eigenvalue weighted by molar-refractivity contribution is 6.09. The van der Waals surface area contributed by atoms with Gasteiger partial charge in [0.05, 0.1) is 16.7 Å². The summed E-state index contributed by atoms with van der Waals surface area (Å²) in [6, 6.07) is 4.80. The number of amides is 3. The highest BCUT2D eigenvalue weighted by Gasteiger charge is 2.63. The fourth-order valence-electron chi connectivity index (χ4n) is 5.40. The van der Waals surface area contributed by atoms with Crippen molar-refractivity contribution in [2.45, 2.75) is 31.8 Å². The Morgan fingerprint density at radius 2 is 2.03 bits per heavy atom. The van der Waals surface area contributed by atoms with Gasteiger partial charge in [0, 0.05) is 43.6 Å². The van der Waals surface area contributed by atoms with Gasteiger partial charge in [-0.15, -0.1) is 0 Å². The van der Waals surface area contributed by atoms with Crippen LogP contribution in [0.3, 0.4) is 0 Å². The van der Waals surface area contributed by atoms with Crippen LogP contribution in [-0.2, 0) is 19.2 Å². The molecule has 0 radical (unpaired) electrons. The van der Waals surface area contributed by atoms with E-state index in [1.165, 1.54) is 45.9 Å². The van der Waals surface area contributed by atoms with Crippen LogP contribution < -0.4 is 4.90 Å². The number of rotatable bonds is 4. The topological polar surface area (TPSA) is 141 Å². The maximum absolute atomic E-state index is 13.0. The van der Waals surface area contributed by atoms with Gasteiger partial charge in [-0.1, -0.05) is 6.07 Å². The molecule has 3 fully saturated rings. The van der Waals surface area contributed by atoms with Gasteiger partial charge in [0.1, 0.15) is 11.7 Å². The van der Waals surface area contributed by atoms with Crippen molar-refractivity contribution in [2.75, 3.05) is 18.0 Å². The van der Waals surface area contributed by atoms with E-state index in [2.05, 4.69) is 0 Å². The fourth-order valence-corrected chi connectivity index (χ4v) is 5.40. The van der Waals surface area contributed by atoms with Crippen molar-refractivity contribution in [1.82, 2.24) is 9.80 Å². The maximum Gasteiger partial charge on any atom is 0.352 e. The van der Waals surface area contributed by atoms with Crippen molar-refractivity contribution in [3.63, 3.8) is 0 Å². The van der Waals surface area contributed by atoms with Crippen LogP contribution in [0.5, 0.6) is 0 Å². The Morgan fingerprint density at radius 1 is 1.27 bits per heavy atom. The summed E-state index contributed by atoms with van der Waals surface area (Å²) in [5.74, 6) is -2.36. The van der Waals surface area contributed by atoms with Gasteiger partial charge < -0.3 is 14.9 Å². The van der Waals surface area contributed by atoms with Crippen molar-refractivity contribution in [2.24, 2.45) is 5.92 Å². The molecule has 5 rings (SSSR count). The van der Waals surface area contributed by atoms with E-state index in [4.69, 9.17) is 0 Å². The molecule has 11 nitrogen and oxygen atoms in total. The third-order valence-electron chi connectivity index (χ3n) is 6.82. The molecule has 3 atom stereocenters. The lowest BCUT2D eigenvalue weighted by Crippen LogP contribution is -2.69. The summed E-state index contributed by atoms with van der Waals surface area (Å²) < 4.78 is 0. The minimum atomic E-state index is -1.26. The first-order chi connectivity index (χ1) is 15.7. The number of non-ortho nitro benzene ring substituents is 1. The summed E-state index contributed by atoms with van der Waals surface area (Å²) in [5, 5.41) is 20.9. The van der Waals surface area contributed by atoms with Crippen LogP contribution in [0.4, 0.5) is 11.4 Å². The molecule has 3 amide bonds. The summed E-state index contributed by atoms with van der Waals surface area (Å²) in [5.41, 5.74) is 0.873. The molecule has 0 saturated carbocycles. The number of carboxylic acid groups (broad SMARTS) is 1. The molecule has 4 heterocycles. The van der Waals surface area contributed by atoms with Crippen LogP contribution in [0.1, 0.15) is 19.8 Å². The number of hydrogen-bond acceptors (Lipinski definition) is 6. The average molecular weight is 452 g/mol. The number of aliphatic carboxylic acids is 1. The van der Waals surface area contributed by atoms with E-state index in [1.807, 2.05) is 0 Å². The van der Waals surface area contributed by atoms with Crippen LogP contribution in [0, 0.1) is 16.0 Å². The maximum atomic E-state index is 13.0. The van der Waals surface area contributed by atoms with Gasteiger partial charge in [-0.2, -0.15) is 0 Å². The highest BCUT2D eigenvalue weighted by atomic mass is 16.6. The molecule has 4 aliphatic heterocycles. The molecule has 4 aliphatic rings. The highest BCUT2D eigenvalue weighted by Crippen LogP contribution is 2.47. The first kappa shape index (κ1) is 20.9. The van der Waals surface area contributed by atoms with Gasteiger partial charge in [0.25, 0.3) is 17.5 Å². The Morgan fingerprint density at radius 3 is 2.70 bits per heavy atom. The van der Waals surface area contributed by atoms with E-state index >= 15 is 0 Å². The van der Waals surface area contributed by atoms with E-state index in [0.717, 1.165) is 0 Å². The summed E-state index contributed by atoms with van der Waals surface area (Å²) in [6.45, 7) is 2.05. The Hall–Kier alpha value is -4.02. The van der Waals surface area contributed by atoms with Gasteiger partial charge >= 0.3 is 5.97 Å². The second kappa shape index (κ2) is 7.26. The largest absolute Gasteiger partial charge is 0.477 e. The second-order valence-corrected chi connectivity index (χ2v) is 8.61. The smallest absolute Gasteiger partial charge is 0.352 e. The van der Waals surface area contributed by atoms with Crippen molar-refractivity contribution in [3.8, 4) is 0 Å². The number of anilines is 1. The number of carbonyl (C=O) groups excluding carboxylic acids is 3. The van der Waals surface area contributed by atoms with Gasteiger partial charge in [-0.05, 0) is 30.6 Å². The third kappa shape index (κ3) is 3.03. The second-order valence-electron chi connectivity index (χ2n) is 8.61. The Balaban J connectivity index is 1.47. The van der Waals surface area contributed by atoms with Crippen molar-refractivity contribution in [3.05, 3.63) is 57.3 Å². The normalized spacial score (nSPS) is 27.2. The molecular formula is C22H20N4O7. The predicted octanol–water partition coefficient (Wildman–Crippen LogP) is 1.06. The van der Waals surface area contributed by atoms with Gasteiger partial charge in [0.2, 0.25) is 5.91 Å². The molecule has 0 spiro atoms. The number of carboxylic acids is 1. The van der Waals surface area contributed by atoms with E-state index in [0.29, 0.717) is 42.8 Å². The molecular weight excluding hydrogens is 432 g/mol. The average Bonchev–Trinajstić information content (AvgIpc) is 3.32. The lowest BCUT2D eigenvalue weighted by atomic mass is 9.79.